The third-order valence-corrected chi connectivity index (χ3v) is 7.88. The first-order valence-corrected chi connectivity index (χ1v) is 14.6. The number of nitrogens with one attached hydrogen (secondary N) is 2. The van der Waals surface area contributed by atoms with Gasteiger partial charge < -0.3 is 30.1 Å². The number of likely N-dealkylation sites (N-methyl/N-ethyl adjacent to an activating group) is 1. The summed E-state index contributed by atoms with van der Waals surface area (Å²) in [7, 11) is 1.68. The van der Waals surface area contributed by atoms with Gasteiger partial charge in [-0.15, -0.1) is 0 Å². The lowest BCUT2D eigenvalue weighted by Crippen LogP contribution is -2.47. The van der Waals surface area contributed by atoms with Gasteiger partial charge in [0, 0.05) is 55.7 Å². The lowest BCUT2D eigenvalue weighted by atomic mass is 10.1. The number of para-hydroxylation sites is 2. The van der Waals surface area contributed by atoms with Crippen molar-refractivity contribution in [1.82, 2.24) is 10.2 Å². The maximum absolute atomic E-state index is 13.5. The van der Waals surface area contributed by atoms with Crippen LogP contribution in [0.4, 0.5) is 17.1 Å². The number of methoxy groups -OCH3 is 1. The van der Waals surface area contributed by atoms with E-state index in [1.165, 1.54) is 6.07 Å². The summed E-state index contributed by atoms with van der Waals surface area (Å²) in [6, 6.07) is 18.2. The molecule has 218 valence electrons. The molecule has 0 bridgehead atoms. The molecule has 0 aromatic heterocycles. The normalized spacial score (nSPS) is 13.3. The number of rotatable bonds is 11. The highest BCUT2D eigenvalue weighted by atomic mass is 35.5. The van der Waals surface area contributed by atoms with E-state index >= 15 is 0 Å². The molecular weight excluding hydrogens is 561 g/mol. The van der Waals surface area contributed by atoms with Gasteiger partial charge in [-0.3, -0.25) is 9.59 Å². The Morgan fingerprint density at radius 3 is 2.20 bits per heavy atom. The van der Waals surface area contributed by atoms with E-state index in [0.29, 0.717) is 28.4 Å². The predicted octanol–water partition coefficient (Wildman–Crippen LogP) is 5.65. The van der Waals surface area contributed by atoms with Crippen LogP contribution in [-0.4, -0.2) is 76.2 Å². The second-order valence-corrected chi connectivity index (χ2v) is 10.6. The van der Waals surface area contributed by atoms with Crippen LogP contribution in [0.2, 0.25) is 10.0 Å². The Morgan fingerprint density at radius 1 is 0.854 bits per heavy atom. The van der Waals surface area contributed by atoms with E-state index in [4.69, 9.17) is 27.9 Å². The van der Waals surface area contributed by atoms with Crippen molar-refractivity contribution in [3.8, 4) is 5.75 Å². The Labute approximate surface area is 252 Å². The predicted molar refractivity (Wildman–Crippen MR) is 168 cm³/mol. The lowest BCUT2D eigenvalue weighted by molar-refractivity contribution is 0.0948. The van der Waals surface area contributed by atoms with Crippen LogP contribution in [0, 0.1) is 0 Å². The van der Waals surface area contributed by atoms with Crippen LogP contribution in [0.15, 0.2) is 60.7 Å². The number of hydrogen-bond acceptors (Lipinski definition) is 6. The van der Waals surface area contributed by atoms with Crippen molar-refractivity contribution in [1.29, 1.82) is 0 Å². The molecule has 0 spiro atoms. The Kier molecular flexibility index (Phi) is 10.7. The molecule has 1 saturated heterocycles. The zero-order chi connectivity index (χ0) is 29.4. The molecule has 0 aliphatic carbocycles. The van der Waals surface area contributed by atoms with Crippen molar-refractivity contribution in [2.75, 3.05) is 74.6 Å². The van der Waals surface area contributed by atoms with Crippen molar-refractivity contribution in [3.05, 3.63) is 81.8 Å². The van der Waals surface area contributed by atoms with Crippen molar-refractivity contribution in [2.45, 2.75) is 13.8 Å². The minimum atomic E-state index is -0.377. The number of piperazine rings is 1. The number of carbonyl (C=O) groups excluding carboxylic acids is 2. The quantitative estimate of drug-likeness (QED) is 0.297. The number of benzene rings is 3. The van der Waals surface area contributed by atoms with Crippen LogP contribution < -0.4 is 25.2 Å². The summed E-state index contributed by atoms with van der Waals surface area (Å²) < 4.78 is 5.56. The summed E-state index contributed by atoms with van der Waals surface area (Å²) >= 11 is 12.2. The number of halogens is 2. The van der Waals surface area contributed by atoms with E-state index in [9.17, 15) is 9.59 Å². The Morgan fingerprint density at radius 2 is 1.54 bits per heavy atom. The lowest BCUT2D eigenvalue weighted by Gasteiger charge is -2.38. The molecule has 1 aliphatic heterocycles. The molecule has 3 aromatic rings. The molecule has 2 amide bonds. The SMILES string of the molecule is CCN(CC)CCNC(=O)c1cc(NC(=O)c2ccc(Cl)cc2Cl)ccc1N1CCN(c2ccccc2OC)CC1. The average Bonchev–Trinajstić information content (AvgIpc) is 2.99. The van der Waals surface area contributed by atoms with Gasteiger partial charge in [0.1, 0.15) is 5.75 Å². The number of amides is 2. The summed E-state index contributed by atoms with van der Waals surface area (Å²) in [5.74, 6) is 0.285. The number of carbonyl (C=O) groups is 2. The van der Waals surface area contributed by atoms with Crippen LogP contribution in [0.25, 0.3) is 0 Å². The van der Waals surface area contributed by atoms with E-state index in [0.717, 1.165) is 62.9 Å². The minimum Gasteiger partial charge on any atom is -0.495 e. The zero-order valence-corrected chi connectivity index (χ0v) is 25.3. The maximum atomic E-state index is 13.5. The van der Waals surface area contributed by atoms with Crippen LogP contribution in [0.5, 0.6) is 5.75 Å². The first kappa shape index (κ1) is 30.5. The molecule has 1 fully saturated rings. The molecule has 3 aromatic carbocycles. The highest BCUT2D eigenvalue weighted by Crippen LogP contribution is 2.31. The van der Waals surface area contributed by atoms with Gasteiger partial charge >= 0.3 is 0 Å². The van der Waals surface area contributed by atoms with Gasteiger partial charge in [-0.05, 0) is 61.6 Å². The molecule has 4 rings (SSSR count). The first-order chi connectivity index (χ1) is 19.8. The van der Waals surface area contributed by atoms with E-state index in [1.807, 2.05) is 30.3 Å². The van der Waals surface area contributed by atoms with Crippen molar-refractivity contribution in [3.63, 3.8) is 0 Å². The summed E-state index contributed by atoms with van der Waals surface area (Å²) in [5, 5.41) is 6.66. The number of ether oxygens (including phenoxy) is 1. The topological polar surface area (TPSA) is 77.2 Å². The highest BCUT2D eigenvalue weighted by molar-refractivity contribution is 6.37. The van der Waals surface area contributed by atoms with E-state index in [2.05, 4.69) is 45.2 Å². The molecule has 0 unspecified atom stereocenters. The van der Waals surface area contributed by atoms with Gasteiger partial charge in [0.05, 0.1) is 28.9 Å². The highest BCUT2D eigenvalue weighted by Gasteiger charge is 2.24. The Bertz CT molecular complexity index is 1360. The molecular formula is C31H37Cl2N5O3. The fourth-order valence-electron chi connectivity index (χ4n) is 4.99. The maximum Gasteiger partial charge on any atom is 0.257 e. The first-order valence-electron chi connectivity index (χ1n) is 13.9. The molecule has 10 heteroatoms. The molecule has 1 heterocycles. The second kappa shape index (κ2) is 14.4. The third-order valence-electron chi connectivity index (χ3n) is 7.33. The molecule has 41 heavy (non-hydrogen) atoms. The summed E-state index contributed by atoms with van der Waals surface area (Å²) in [6.45, 7) is 10.3. The Balaban J connectivity index is 1.54. The van der Waals surface area contributed by atoms with Gasteiger partial charge in [0.2, 0.25) is 0 Å². The molecule has 0 atom stereocenters. The van der Waals surface area contributed by atoms with Crippen molar-refractivity contribution >= 4 is 52.1 Å². The van der Waals surface area contributed by atoms with E-state index in [-0.39, 0.29) is 16.8 Å². The third kappa shape index (κ3) is 7.64. The number of anilines is 3. The molecule has 1 aliphatic rings. The van der Waals surface area contributed by atoms with Crippen LogP contribution in [-0.2, 0) is 0 Å². The number of nitrogens with zero attached hydrogens (tertiary/aromatic N) is 3. The van der Waals surface area contributed by atoms with Gasteiger partial charge in [0.25, 0.3) is 11.8 Å². The van der Waals surface area contributed by atoms with Gasteiger partial charge in [-0.2, -0.15) is 0 Å². The van der Waals surface area contributed by atoms with Crippen molar-refractivity contribution < 1.29 is 14.3 Å². The smallest absolute Gasteiger partial charge is 0.257 e. The molecule has 8 nitrogen and oxygen atoms in total. The van der Waals surface area contributed by atoms with Crippen molar-refractivity contribution in [2.24, 2.45) is 0 Å². The summed E-state index contributed by atoms with van der Waals surface area (Å²) in [4.78, 5) is 33.2. The fraction of sp³-hybridized carbons (Fsp3) is 0.355. The molecule has 2 N–H and O–H groups in total. The van der Waals surface area contributed by atoms with Crippen LogP contribution >= 0.6 is 23.2 Å². The minimum absolute atomic E-state index is 0.181. The molecule has 0 saturated carbocycles. The van der Waals surface area contributed by atoms with Crippen LogP contribution in [0.3, 0.4) is 0 Å². The van der Waals surface area contributed by atoms with E-state index < -0.39 is 0 Å². The van der Waals surface area contributed by atoms with Gasteiger partial charge in [0.15, 0.2) is 0 Å². The zero-order valence-electron chi connectivity index (χ0n) is 23.8. The van der Waals surface area contributed by atoms with Crippen LogP contribution in [0.1, 0.15) is 34.6 Å². The van der Waals surface area contributed by atoms with Gasteiger partial charge in [-0.1, -0.05) is 49.2 Å². The Hall–Kier alpha value is -3.46. The fourth-order valence-corrected chi connectivity index (χ4v) is 5.48. The van der Waals surface area contributed by atoms with E-state index in [1.54, 1.807) is 25.3 Å². The average molecular weight is 599 g/mol. The van der Waals surface area contributed by atoms with Gasteiger partial charge in [-0.25, -0.2) is 0 Å². The molecule has 0 radical (unpaired) electrons. The number of hydrogen-bond donors (Lipinski definition) is 2. The standard InChI is InChI=1S/C31H37Cl2N5O3/c1-4-36(5-2)15-14-34-30(39)25-21-23(35-31(40)24-12-10-22(32)20-26(24)33)11-13-27(25)37-16-18-38(19-17-37)28-8-6-7-9-29(28)41-3/h6-13,20-21H,4-5,14-19H2,1-3H3,(H,34,39)(H,35,40). The largest absolute Gasteiger partial charge is 0.495 e. The summed E-state index contributed by atoms with van der Waals surface area (Å²) in [5.41, 5.74) is 3.20. The second-order valence-electron chi connectivity index (χ2n) is 9.74. The monoisotopic (exact) mass is 597 g/mol. The summed E-state index contributed by atoms with van der Waals surface area (Å²) in [6.07, 6.45) is 0.